The zero-order valence-corrected chi connectivity index (χ0v) is 64.9. The number of methoxy groups -OCH3 is 4. The third-order valence-corrected chi connectivity index (χ3v) is 37.2. The van der Waals surface area contributed by atoms with E-state index in [2.05, 4.69) is 60.0 Å². The molecule has 0 aliphatic heterocycles. The second-order valence-electron chi connectivity index (χ2n) is 24.7. The van der Waals surface area contributed by atoms with Gasteiger partial charge in [-0.2, -0.15) is 26.3 Å². The maximum absolute atomic E-state index is 16.9. The van der Waals surface area contributed by atoms with Gasteiger partial charge in [-0.05, 0) is 122 Å². The largest absolute Gasteiger partial charge is 0.497 e. The summed E-state index contributed by atoms with van der Waals surface area (Å²) >= 11 is 6.85. The zero-order valence-electron chi connectivity index (χ0n) is 56.5. The molecule has 16 nitrogen and oxygen atoms in total. The van der Waals surface area contributed by atoms with Crippen LogP contribution in [-0.2, 0) is 66.0 Å². The summed E-state index contributed by atoms with van der Waals surface area (Å²) in [4.78, 5) is 8.93. The molecular formula is C60H94Br2F8N8O8S4Si2. The first-order valence-corrected chi connectivity index (χ1v) is 42.2. The van der Waals surface area contributed by atoms with E-state index in [0.717, 1.165) is 59.0 Å². The SMILES string of the molecule is CC[Si](CC)(CC)c1cc(Br)nc(C(C)(CS(=O)(=NC)N(Cc2ccc(OC)cc2OC)CC(F)(F)F)N[S@@](=O)C(C)(C)C)c1F.CC[Si](CC)(CC)c1cc(Br)nc(C(C)(CS(=O)(=NC)N(Cc2ccc(OC)cc2OC)CC(F)(F)F)N[S@@](=O)C(C)(C)C)c1F. The zero-order chi connectivity index (χ0) is 70.6. The van der Waals surface area contributed by atoms with Crippen LogP contribution in [0.4, 0.5) is 35.1 Å². The number of nitrogens with zero attached hydrogens (tertiary/aromatic N) is 6. The molecule has 0 bridgehead atoms. The molecule has 0 radical (unpaired) electrons. The van der Waals surface area contributed by atoms with Gasteiger partial charge in [-0.1, -0.05) is 89.9 Å². The van der Waals surface area contributed by atoms with Crippen molar-refractivity contribution in [3.05, 3.63) is 91.9 Å². The Morgan fingerprint density at radius 1 is 0.533 bits per heavy atom. The Kier molecular flexibility index (Phi) is 30.1. The van der Waals surface area contributed by atoms with E-state index in [1.165, 1.54) is 66.6 Å². The van der Waals surface area contributed by atoms with E-state index >= 15 is 8.78 Å². The average Bonchev–Trinajstić information content (AvgIpc) is 0.759. The smallest absolute Gasteiger partial charge is 0.402 e. The number of halogens is 10. The van der Waals surface area contributed by atoms with Crippen molar-refractivity contribution in [2.45, 2.75) is 179 Å². The molecule has 0 saturated heterocycles. The first-order valence-electron chi connectivity index (χ1n) is 29.8. The summed E-state index contributed by atoms with van der Waals surface area (Å²) < 4.78 is 211. The van der Waals surface area contributed by atoms with Crippen LogP contribution in [0.15, 0.2) is 66.5 Å². The predicted octanol–water partition coefficient (Wildman–Crippen LogP) is 14.1. The molecule has 0 fully saturated rings. The van der Waals surface area contributed by atoms with Crippen molar-refractivity contribution in [3.63, 3.8) is 0 Å². The van der Waals surface area contributed by atoms with Gasteiger partial charge in [-0.3, -0.25) is 0 Å². The molecule has 0 aliphatic rings. The van der Waals surface area contributed by atoms with E-state index in [1.54, 1.807) is 65.8 Å². The van der Waals surface area contributed by atoms with Crippen LogP contribution in [0.2, 0.25) is 36.3 Å². The minimum atomic E-state index is -4.77. The van der Waals surface area contributed by atoms with Crippen LogP contribution in [0, 0.1) is 11.6 Å². The van der Waals surface area contributed by atoms with Crippen LogP contribution < -0.4 is 38.8 Å². The van der Waals surface area contributed by atoms with Crippen molar-refractivity contribution >= 4 is 100 Å². The fourth-order valence-corrected chi connectivity index (χ4v) is 25.6. The minimum Gasteiger partial charge on any atom is -0.497 e. The predicted molar refractivity (Wildman–Crippen MR) is 369 cm³/mol. The van der Waals surface area contributed by atoms with E-state index in [1.807, 2.05) is 41.5 Å². The van der Waals surface area contributed by atoms with Crippen molar-refractivity contribution in [1.29, 1.82) is 0 Å². The summed E-state index contributed by atoms with van der Waals surface area (Å²) in [5, 5.41) is 1.00. The van der Waals surface area contributed by atoms with Gasteiger partial charge in [-0.15, -0.1) is 0 Å². The number of hydrogen-bond acceptors (Lipinski definition) is 12. The van der Waals surface area contributed by atoms with Crippen molar-refractivity contribution in [1.82, 2.24) is 28.0 Å². The van der Waals surface area contributed by atoms with Gasteiger partial charge in [0.1, 0.15) is 76.8 Å². The van der Waals surface area contributed by atoms with Crippen molar-refractivity contribution in [3.8, 4) is 23.0 Å². The Morgan fingerprint density at radius 2 is 0.826 bits per heavy atom. The van der Waals surface area contributed by atoms with E-state index in [0.29, 0.717) is 42.2 Å². The normalized spacial score (nSPS) is 16.1. The third kappa shape index (κ3) is 20.9. The first-order chi connectivity index (χ1) is 42.3. The lowest BCUT2D eigenvalue weighted by Crippen LogP contribution is -2.55. The van der Waals surface area contributed by atoms with E-state index in [4.69, 9.17) is 18.9 Å². The molecule has 32 heteroatoms. The molecule has 6 atom stereocenters. The minimum absolute atomic E-state index is 0.188. The molecule has 0 aliphatic carbocycles. The Balaban J connectivity index is 0.000000480. The van der Waals surface area contributed by atoms with Gasteiger partial charge < -0.3 is 18.9 Å². The second-order valence-corrected chi connectivity index (χ2v) is 45.4. The molecule has 0 saturated carbocycles. The van der Waals surface area contributed by atoms with Gasteiger partial charge in [0.25, 0.3) is 0 Å². The Morgan fingerprint density at radius 3 is 1.05 bits per heavy atom. The molecule has 524 valence electrons. The van der Waals surface area contributed by atoms with Crippen molar-refractivity contribution in [2.24, 2.45) is 8.73 Å². The fraction of sp³-hybridized carbons (Fsp3) is 0.633. The molecule has 2 aromatic heterocycles. The summed E-state index contributed by atoms with van der Waals surface area (Å²) in [5.74, 6) is -1.31. The van der Waals surface area contributed by atoms with Crippen LogP contribution in [0.1, 0.15) is 119 Å². The molecule has 2 N–H and O–H groups in total. The lowest BCUT2D eigenvalue weighted by atomic mass is 10.0. The molecule has 0 spiro atoms. The van der Waals surface area contributed by atoms with Gasteiger partial charge in [0.15, 0.2) is 0 Å². The molecule has 4 aromatic rings. The standard InChI is InChI=1S/2C30H47BrF4N4O4S2Si/c2*1-11-46(12-2,13-3)24-17-25(31)37-27(26(24)32)29(7,38-44(40)28(4,5)6)20-45(41,36-8)39(19-30(33,34)35)18-21-14-15-22(42-9)16-23(21)43-10/h2*14-17,38H,11-13,18-20H2,1-10H3/t2*29?,44-,45?/m00/s1. The van der Waals surface area contributed by atoms with Crippen LogP contribution in [0.25, 0.3) is 0 Å². The number of rotatable bonds is 30. The monoisotopic (exact) mass is 1550 g/mol. The van der Waals surface area contributed by atoms with E-state index in [-0.39, 0.29) is 22.9 Å². The lowest BCUT2D eigenvalue weighted by Gasteiger charge is -2.38. The number of pyridine rings is 2. The summed E-state index contributed by atoms with van der Waals surface area (Å²) in [6, 6.07) is 17.0. The Labute approximate surface area is 565 Å². The molecule has 0 amide bonds. The summed E-state index contributed by atoms with van der Waals surface area (Å²) in [7, 11) is -8.53. The summed E-state index contributed by atoms with van der Waals surface area (Å²) in [5.41, 5.74) is -3.36. The summed E-state index contributed by atoms with van der Waals surface area (Å²) in [6.45, 7) is 21.1. The average molecular weight is 1550 g/mol. The molecule has 2 heterocycles. The number of hydrogen-bond donors (Lipinski definition) is 2. The highest BCUT2D eigenvalue weighted by Crippen LogP contribution is 2.38. The molecule has 4 rings (SSSR count). The topological polar surface area (TPSA) is 186 Å². The molecule has 4 unspecified atom stereocenters. The number of ether oxygens (including phenoxy) is 4. The Bertz CT molecular complexity index is 3230. The summed E-state index contributed by atoms with van der Waals surface area (Å²) in [6.07, 6.45) is -9.54. The maximum Gasteiger partial charge on any atom is 0.402 e. The van der Waals surface area contributed by atoms with Crippen molar-refractivity contribution < 1.29 is 70.9 Å². The highest BCUT2D eigenvalue weighted by Gasteiger charge is 2.48. The number of aromatic nitrogens is 2. The number of benzene rings is 2. The number of alkyl halides is 6. The number of nitrogens with one attached hydrogen (secondary N) is 2. The second kappa shape index (κ2) is 33.4. The maximum atomic E-state index is 16.9. The Hall–Kier alpha value is -3.19. The van der Waals surface area contributed by atoms with Gasteiger partial charge in [0.2, 0.25) is 0 Å². The third-order valence-electron chi connectivity index (χ3n) is 16.6. The van der Waals surface area contributed by atoms with Gasteiger partial charge >= 0.3 is 12.4 Å². The first kappa shape index (κ1) is 83.0. The van der Waals surface area contributed by atoms with Crippen LogP contribution in [0.5, 0.6) is 23.0 Å². The van der Waals surface area contributed by atoms with Crippen LogP contribution in [0.3, 0.4) is 0 Å². The van der Waals surface area contributed by atoms with Gasteiger partial charge in [0.05, 0.1) is 110 Å². The quantitative estimate of drug-likeness (QED) is 0.0289. The highest BCUT2D eigenvalue weighted by atomic mass is 79.9. The van der Waals surface area contributed by atoms with E-state index in [9.17, 15) is 43.2 Å². The van der Waals surface area contributed by atoms with Gasteiger partial charge in [0, 0.05) is 50.4 Å². The molecular weight excluding hydrogens is 1460 g/mol. The van der Waals surface area contributed by atoms with E-state index < -0.39 is 140 Å². The molecule has 92 heavy (non-hydrogen) atoms. The van der Waals surface area contributed by atoms with Gasteiger partial charge in [-0.25, -0.2) is 62.4 Å². The van der Waals surface area contributed by atoms with Crippen molar-refractivity contribution in [2.75, 3.05) is 67.1 Å². The highest BCUT2D eigenvalue weighted by molar-refractivity contribution is 9.10. The fourth-order valence-electron chi connectivity index (χ4n) is 10.7. The van der Waals surface area contributed by atoms with Crippen LogP contribution in [-0.4, -0.2) is 141 Å². The van der Waals surface area contributed by atoms with Crippen LogP contribution >= 0.6 is 31.9 Å². The molecule has 2 aromatic carbocycles. The lowest BCUT2D eigenvalue weighted by molar-refractivity contribution is -0.137.